The number of pyridine rings is 1. The van der Waals surface area contributed by atoms with Gasteiger partial charge in [-0.05, 0) is 41.1 Å². The molecule has 0 bridgehead atoms. The van der Waals surface area contributed by atoms with Gasteiger partial charge in [0, 0.05) is 11.6 Å². The number of halogens is 1. The van der Waals surface area contributed by atoms with Crippen molar-refractivity contribution in [2.45, 2.75) is 6.92 Å². The molecule has 1 aromatic carbocycles. The van der Waals surface area contributed by atoms with Crippen molar-refractivity contribution >= 4 is 33.5 Å². The highest BCUT2D eigenvalue weighted by molar-refractivity contribution is 14.1. The molecule has 0 fully saturated rings. The fourth-order valence-corrected chi connectivity index (χ4v) is 1.82. The molecule has 2 aromatic rings. The number of aromatic amines is 1. The smallest absolute Gasteiger partial charge is 0.202 e. The first-order chi connectivity index (χ1) is 6.20. The Bertz CT molecular complexity index is 516. The van der Waals surface area contributed by atoms with E-state index in [1.54, 1.807) is 6.20 Å². The summed E-state index contributed by atoms with van der Waals surface area (Å²) in [5.41, 5.74) is 2.15. The van der Waals surface area contributed by atoms with Gasteiger partial charge in [-0.1, -0.05) is 12.1 Å². The van der Waals surface area contributed by atoms with Crippen LogP contribution in [-0.4, -0.2) is 4.98 Å². The van der Waals surface area contributed by atoms with Gasteiger partial charge in [-0.2, -0.15) is 0 Å². The molecule has 0 spiro atoms. The van der Waals surface area contributed by atoms with Crippen LogP contribution in [0.25, 0.3) is 10.9 Å². The summed E-state index contributed by atoms with van der Waals surface area (Å²) in [5, 5.41) is 0.770. The molecule has 0 saturated heterocycles. The van der Waals surface area contributed by atoms with Crippen molar-refractivity contribution < 1.29 is 0 Å². The zero-order chi connectivity index (χ0) is 9.42. The van der Waals surface area contributed by atoms with Crippen molar-refractivity contribution in [1.82, 2.24) is 4.98 Å². The van der Waals surface area contributed by atoms with E-state index in [1.165, 1.54) is 0 Å². The summed E-state index contributed by atoms with van der Waals surface area (Å²) in [6, 6.07) is 5.75. The average molecular weight is 285 g/mol. The van der Waals surface area contributed by atoms with Crippen LogP contribution >= 0.6 is 22.6 Å². The Morgan fingerprint density at radius 2 is 2.15 bits per heavy atom. The van der Waals surface area contributed by atoms with E-state index < -0.39 is 0 Å². The van der Waals surface area contributed by atoms with E-state index in [9.17, 15) is 4.79 Å². The van der Waals surface area contributed by atoms with Gasteiger partial charge in [0.1, 0.15) is 0 Å². The molecule has 0 aliphatic rings. The number of hydrogen-bond donors (Lipinski definition) is 1. The Hall–Kier alpha value is -0.840. The molecular formula is C10H8INO. The zero-order valence-electron chi connectivity index (χ0n) is 7.10. The van der Waals surface area contributed by atoms with E-state index in [4.69, 9.17) is 0 Å². The lowest BCUT2D eigenvalue weighted by Crippen LogP contribution is -2.06. The van der Waals surface area contributed by atoms with E-state index >= 15 is 0 Å². The molecule has 0 amide bonds. The molecule has 3 heteroatoms. The Balaban J connectivity index is 3.03. The van der Waals surface area contributed by atoms with Crippen molar-refractivity contribution in [3.05, 3.63) is 43.8 Å². The summed E-state index contributed by atoms with van der Waals surface area (Å²) in [6.07, 6.45) is 1.75. The summed E-state index contributed by atoms with van der Waals surface area (Å²) < 4.78 is 0.732. The number of aromatic nitrogens is 1. The average Bonchev–Trinajstić information content (AvgIpc) is 2.12. The van der Waals surface area contributed by atoms with Crippen molar-refractivity contribution in [3.63, 3.8) is 0 Å². The topological polar surface area (TPSA) is 32.9 Å². The first-order valence-electron chi connectivity index (χ1n) is 3.96. The van der Waals surface area contributed by atoms with Gasteiger partial charge in [0.2, 0.25) is 5.43 Å². The van der Waals surface area contributed by atoms with Gasteiger partial charge in [0.05, 0.1) is 9.09 Å². The maximum absolute atomic E-state index is 11.7. The third-order valence-corrected chi connectivity index (χ3v) is 2.88. The fourth-order valence-electron chi connectivity index (χ4n) is 1.38. The van der Waals surface area contributed by atoms with Gasteiger partial charge in [-0.15, -0.1) is 0 Å². The van der Waals surface area contributed by atoms with Crippen LogP contribution in [0.4, 0.5) is 0 Å². The number of para-hydroxylation sites is 1. The second-order valence-electron chi connectivity index (χ2n) is 2.96. The molecule has 0 atom stereocenters. The highest BCUT2D eigenvalue weighted by Gasteiger charge is 2.02. The summed E-state index contributed by atoms with van der Waals surface area (Å²) in [7, 11) is 0. The van der Waals surface area contributed by atoms with Crippen LogP contribution in [0.2, 0.25) is 0 Å². The molecule has 0 aliphatic carbocycles. The number of benzene rings is 1. The quantitative estimate of drug-likeness (QED) is 0.741. The SMILES string of the molecule is Cc1cccc2c(=O)c(I)c[nH]c12. The van der Waals surface area contributed by atoms with Crippen LogP contribution in [0.15, 0.2) is 29.2 Å². The molecule has 1 aromatic heterocycles. The second-order valence-corrected chi connectivity index (χ2v) is 4.13. The van der Waals surface area contributed by atoms with Gasteiger partial charge in [0.25, 0.3) is 0 Å². The van der Waals surface area contributed by atoms with E-state index in [-0.39, 0.29) is 5.43 Å². The van der Waals surface area contributed by atoms with Crippen molar-refractivity contribution in [1.29, 1.82) is 0 Å². The monoisotopic (exact) mass is 285 g/mol. The standard InChI is InChI=1S/C10H8INO/c1-6-3-2-4-7-9(6)12-5-8(11)10(7)13/h2-5H,1H3,(H,12,13). The minimum Gasteiger partial charge on any atom is -0.360 e. The molecule has 0 radical (unpaired) electrons. The van der Waals surface area contributed by atoms with E-state index in [0.29, 0.717) is 0 Å². The minimum atomic E-state index is 0.109. The Kier molecular flexibility index (Phi) is 2.11. The number of nitrogens with one attached hydrogen (secondary N) is 1. The van der Waals surface area contributed by atoms with Crippen LogP contribution in [0.3, 0.4) is 0 Å². The highest BCUT2D eigenvalue weighted by atomic mass is 127. The molecule has 66 valence electrons. The predicted octanol–water partition coefficient (Wildman–Crippen LogP) is 2.44. The lowest BCUT2D eigenvalue weighted by atomic mass is 10.1. The predicted molar refractivity (Wildman–Crippen MR) is 62.0 cm³/mol. The van der Waals surface area contributed by atoms with Crippen LogP contribution in [0, 0.1) is 10.5 Å². The maximum Gasteiger partial charge on any atom is 0.202 e. The van der Waals surface area contributed by atoms with E-state index in [2.05, 4.69) is 4.98 Å². The number of rotatable bonds is 0. The maximum atomic E-state index is 11.7. The normalized spacial score (nSPS) is 10.6. The van der Waals surface area contributed by atoms with Gasteiger partial charge < -0.3 is 4.98 Å². The molecule has 13 heavy (non-hydrogen) atoms. The molecular weight excluding hydrogens is 277 g/mol. The molecule has 2 nitrogen and oxygen atoms in total. The molecule has 0 unspecified atom stereocenters. The number of H-pyrrole nitrogens is 1. The zero-order valence-corrected chi connectivity index (χ0v) is 9.25. The van der Waals surface area contributed by atoms with Crippen molar-refractivity contribution in [3.8, 4) is 0 Å². The first kappa shape index (κ1) is 8.74. The molecule has 1 heterocycles. The number of aryl methyl sites for hydroxylation is 1. The molecule has 0 saturated carbocycles. The largest absolute Gasteiger partial charge is 0.360 e. The van der Waals surface area contributed by atoms with Crippen molar-refractivity contribution in [2.24, 2.45) is 0 Å². The number of hydrogen-bond acceptors (Lipinski definition) is 1. The van der Waals surface area contributed by atoms with Crippen molar-refractivity contribution in [2.75, 3.05) is 0 Å². The lowest BCUT2D eigenvalue weighted by molar-refractivity contribution is 1.33. The van der Waals surface area contributed by atoms with Gasteiger partial charge in [-0.3, -0.25) is 4.79 Å². The molecule has 1 N–H and O–H groups in total. The molecule has 2 rings (SSSR count). The first-order valence-corrected chi connectivity index (χ1v) is 5.04. The number of fused-ring (bicyclic) bond motifs is 1. The Labute approximate surface area is 89.1 Å². The fraction of sp³-hybridized carbons (Fsp3) is 0.100. The Morgan fingerprint density at radius 1 is 1.38 bits per heavy atom. The third kappa shape index (κ3) is 1.37. The van der Waals surface area contributed by atoms with Crippen LogP contribution in [0.5, 0.6) is 0 Å². The minimum absolute atomic E-state index is 0.109. The van der Waals surface area contributed by atoms with Crippen LogP contribution in [-0.2, 0) is 0 Å². The van der Waals surface area contributed by atoms with Gasteiger partial charge in [0.15, 0.2) is 0 Å². The van der Waals surface area contributed by atoms with Gasteiger partial charge >= 0.3 is 0 Å². The second kappa shape index (κ2) is 3.14. The lowest BCUT2D eigenvalue weighted by Gasteiger charge is -2.00. The highest BCUT2D eigenvalue weighted by Crippen LogP contribution is 2.12. The van der Waals surface area contributed by atoms with E-state index in [1.807, 2.05) is 47.7 Å². The summed E-state index contributed by atoms with van der Waals surface area (Å²) in [4.78, 5) is 14.8. The van der Waals surface area contributed by atoms with Crippen LogP contribution in [0.1, 0.15) is 5.56 Å². The van der Waals surface area contributed by atoms with E-state index in [0.717, 1.165) is 20.0 Å². The third-order valence-electron chi connectivity index (χ3n) is 2.08. The summed E-state index contributed by atoms with van der Waals surface area (Å²) >= 11 is 2.04. The Morgan fingerprint density at radius 3 is 2.92 bits per heavy atom. The summed E-state index contributed by atoms with van der Waals surface area (Å²) in [6.45, 7) is 1.99. The summed E-state index contributed by atoms with van der Waals surface area (Å²) in [5.74, 6) is 0. The molecule has 0 aliphatic heterocycles. The van der Waals surface area contributed by atoms with Gasteiger partial charge in [-0.25, -0.2) is 0 Å². The van der Waals surface area contributed by atoms with Crippen LogP contribution < -0.4 is 5.43 Å².